The number of amides is 1. The molecule has 0 aliphatic carbocycles. The van der Waals surface area contributed by atoms with Gasteiger partial charge < -0.3 is 28.6 Å². The highest BCUT2D eigenvalue weighted by atomic mass is 35.5. The molecule has 2 aromatic rings. The number of carbonyl (C=O) groups excluding carboxylic acids is 1. The maximum atomic E-state index is 13.0. The van der Waals surface area contributed by atoms with Crippen molar-refractivity contribution in [2.75, 3.05) is 41.1 Å². The highest BCUT2D eigenvalue weighted by Crippen LogP contribution is 2.38. The van der Waals surface area contributed by atoms with E-state index in [9.17, 15) is 4.79 Å². The number of rotatable bonds is 10. The summed E-state index contributed by atoms with van der Waals surface area (Å²) in [6, 6.07) is 10.6. The number of hydrogen-bond acceptors (Lipinski definition) is 6. The van der Waals surface area contributed by atoms with Crippen LogP contribution in [0, 0.1) is 0 Å². The van der Waals surface area contributed by atoms with Crippen LogP contribution in [-0.2, 0) is 16.1 Å². The Morgan fingerprint density at radius 1 is 1.10 bits per heavy atom. The van der Waals surface area contributed by atoms with Crippen molar-refractivity contribution < 1.29 is 28.5 Å². The van der Waals surface area contributed by atoms with E-state index in [1.165, 1.54) is 0 Å². The molecule has 1 amide bonds. The molecule has 0 radical (unpaired) electrons. The molecular formula is C23H28ClNO6. The maximum absolute atomic E-state index is 13.0. The van der Waals surface area contributed by atoms with E-state index in [1.807, 2.05) is 12.1 Å². The lowest BCUT2D eigenvalue weighted by atomic mass is 10.1. The number of hydrogen-bond donors (Lipinski definition) is 0. The van der Waals surface area contributed by atoms with Gasteiger partial charge in [0.1, 0.15) is 5.75 Å². The lowest BCUT2D eigenvalue weighted by molar-refractivity contribution is -0.135. The number of methoxy groups -OCH3 is 3. The summed E-state index contributed by atoms with van der Waals surface area (Å²) in [5, 5.41) is 0.612. The van der Waals surface area contributed by atoms with Crippen molar-refractivity contribution in [2.45, 2.75) is 25.5 Å². The van der Waals surface area contributed by atoms with Gasteiger partial charge in [0.15, 0.2) is 18.1 Å². The monoisotopic (exact) mass is 449 g/mol. The van der Waals surface area contributed by atoms with Gasteiger partial charge in [-0.15, -0.1) is 0 Å². The van der Waals surface area contributed by atoms with Gasteiger partial charge in [0.25, 0.3) is 5.91 Å². The van der Waals surface area contributed by atoms with Crippen molar-refractivity contribution in [3.05, 3.63) is 47.0 Å². The number of carbonyl (C=O) groups is 1. The Hall–Kier alpha value is -2.64. The third kappa shape index (κ3) is 6.18. The van der Waals surface area contributed by atoms with Gasteiger partial charge in [0.05, 0.1) is 27.4 Å². The average molecular weight is 450 g/mol. The van der Waals surface area contributed by atoms with Crippen molar-refractivity contribution in [3.8, 4) is 23.0 Å². The molecule has 2 aromatic carbocycles. The smallest absolute Gasteiger partial charge is 0.260 e. The van der Waals surface area contributed by atoms with Gasteiger partial charge in [-0.3, -0.25) is 4.79 Å². The van der Waals surface area contributed by atoms with E-state index in [0.717, 1.165) is 25.0 Å². The molecule has 0 bridgehead atoms. The first kappa shape index (κ1) is 23.0. The van der Waals surface area contributed by atoms with E-state index >= 15 is 0 Å². The minimum atomic E-state index is -0.140. The molecule has 1 saturated heterocycles. The van der Waals surface area contributed by atoms with E-state index in [4.69, 9.17) is 35.3 Å². The molecule has 1 fully saturated rings. The minimum absolute atomic E-state index is 0.0153. The first-order valence-corrected chi connectivity index (χ1v) is 10.5. The van der Waals surface area contributed by atoms with E-state index in [0.29, 0.717) is 41.1 Å². The fourth-order valence-electron chi connectivity index (χ4n) is 3.50. The number of ether oxygens (including phenoxy) is 5. The molecule has 1 aliphatic rings. The zero-order valence-corrected chi connectivity index (χ0v) is 18.8. The highest BCUT2D eigenvalue weighted by molar-refractivity contribution is 6.30. The predicted molar refractivity (Wildman–Crippen MR) is 117 cm³/mol. The Morgan fingerprint density at radius 3 is 2.32 bits per heavy atom. The van der Waals surface area contributed by atoms with Gasteiger partial charge in [-0.25, -0.2) is 0 Å². The first-order chi connectivity index (χ1) is 15.0. The molecule has 31 heavy (non-hydrogen) atoms. The summed E-state index contributed by atoms with van der Waals surface area (Å²) in [5.74, 6) is 2.04. The largest absolute Gasteiger partial charge is 0.493 e. The second kappa shape index (κ2) is 11.1. The van der Waals surface area contributed by atoms with E-state index < -0.39 is 0 Å². The van der Waals surface area contributed by atoms with Crippen molar-refractivity contribution in [2.24, 2.45) is 0 Å². The van der Waals surface area contributed by atoms with Gasteiger partial charge in [0.2, 0.25) is 5.75 Å². The van der Waals surface area contributed by atoms with Gasteiger partial charge in [-0.2, -0.15) is 0 Å². The minimum Gasteiger partial charge on any atom is -0.493 e. The second-order valence-corrected chi connectivity index (χ2v) is 7.62. The molecule has 0 unspecified atom stereocenters. The van der Waals surface area contributed by atoms with Gasteiger partial charge in [0, 0.05) is 24.7 Å². The molecule has 1 atom stereocenters. The van der Waals surface area contributed by atoms with Crippen LogP contribution in [0.2, 0.25) is 5.02 Å². The molecule has 1 heterocycles. The van der Waals surface area contributed by atoms with E-state index in [-0.39, 0.29) is 18.6 Å². The van der Waals surface area contributed by atoms with E-state index in [1.54, 1.807) is 50.5 Å². The van der Waals surface area contributed by atoms with Crippen LogP contribution >= 0.6 is 11.6 Å². The maximum Gasteiger partial charge on any atom is 0.260 e. The summed E-state index contributed by atoms with van der Waals surface area (Å²) >= 11 is 5.91. The molecule has 168 valence electrons. The van der Waals surface area contributed by atoms with Crippen molar-refractivity contribution in [1.82, 2.24) is 4.90 Å². The molecular weight excluding hydrogens is 422 g/mol. The molecule has 8 heteroatoms. The van der Waals surface area contributed by atoms with Crippen LogP contribution in [-0.4, -0.2) is 58.0 Å². The highest BCUT2D eigenvalue weighted by Gasteiger charge is 2.24. The lowest BCUT2D eigenvalue weighted by Crippen LogP contribution is -2.39. The zero-order valence-electron chi connectivity index (χ0n) is 18.1. The summed E-state index contributed by atoms with van der Waals surface area (Å²) in [6.45, 7) is 1.48. The molecule has 0 saturated carbocycles. The SMILES string of the molecule is COc1cc(CN(C[C@H]2CCCO2)C(=O)COc2ccc(Cl)cc2)cc(OC)c1OC. The zero-order chi connectivity index (χ0) is 22.2. The summed E-state index contributed by atoms with van der Waals surface area (Å²) in [7, 11) is 4.69. The Morgan fingerprint density at radius 2 is 1.77 bits per heavy atom. The van der Waals surface area contributed by atoms with Crippen LogP contribution < -0.4 is 18.9 Å². The molecule has 0 spiro atoms. The number of halogens is 1. The summed E-state index contributed by atoms with van der Waals surface area (Å²) < 4.78 is 27.7. The summed E-state index contributed by atoms with van der Waals surface area (Å²) in [6.07, 6.45) is 1.94. The van der Waals surface area contributed by atoms with Crippen LogP contribution in [0.5, 0.6) is 23.0 Å². The first-order valence-electron chi connectivity index (χ1n) is 10.1. The van der Waals surface area contributed by atoms with Gasteiger partial charge in [-0.05, 0) is 54.8 Å². The van der Waals surface area contributed by atoms with Gasteiger partial charge in [-0.1, -0.05) is 11.6 Å². The van der Waals surface area contributed by atoms with Crippen LogP contribution in [0.15, 0.2) is 36.4 Å². The second-order valence-electron chi connectivity index (χ2n) is 7.19. The molecule has 1 aliphatic heterocycles. The Balaban J connectivity index is 1.76. The van der Waals surface area contributed by atoms with Crippen molar-refractivity contribution in [1.29, 1.82) is 0 Å². The summed E-state index contributed by atoms with van der Waals surface area (Å²) in [5.41, 5.74) is 0.854. The third-order valence-corrected chi connectivity index (χ3v) is 5.33. The Labute approximate surface area is 187 Å². The quantitative estimate of drug-likeness (QED) is 0.547. The Kier molecular flexibility index (Phi) is 8.26. The van der Waals surface area contributed by atoms with Crippen molar-refractivity contribution in [3.63, 3.8) is 0 Å². The normalized spacial score (nSPS) is 15.4. The van der Waals surface area contributed by atoms with Gasteiger partial charge >= 0.3 is 0 Å². The topological polar surface area (TPSA) is 66.5 Å². The number of nitrogens with zero attached hydrogens (tertiary/aromatic N) is 1. The average Bonchev–Trinajstić information content (AvgIpc) is 3.30. The number of benzene rings is 2. The fraction of sp³-hybridized carbons (Fsp3) is 0.435. The van der Waals surface area contributed by atoms with Crippen LogP contribution in [0.3, 0.4) is 0 Å². The van der Waals surface area contributed by atoms with Crippen LogP contribution in [0.4, 0.5) is 0 Å². The third-order valence-electron chi connectivity index (χ3n) is 5.07. The molecule has 7 nitrogen and oxygen atoms in total. The Bertz CT molecular complexity index is 842. The predicted octanol–water partition coefficient (Wildman–Crippen LogP) is 3.95. The summed E-state index contributed by atoms with van der Waals surface area (Å²) in [4.78, 5) is 14.8. The molecule has 0 aromatic heterocycles. The van der Waals surface area contributed by atoms with Crippen molar-refractivity contribution >= 4 is 17.5 Å². The standard InChI is InChI=1S/C23H28ClNO6/c1-27-20-11-16(12-21(28-2)23(20)29-3)13-25(14-19-5-4-10-30-19)22(26)15-31-18-8-6-17(24)7-9-18/h6-9,11-12,19H,4-5,10,13-15H2,1-3H3/t19-/m1/s1. The van der Waals surface area contributed by atoms with Crippen LogP contribution in [0.25, 0.3) is 0 Å². The lowest BCUT2D eigenvalue weighted by Gasteiger charge is -2.26. The fourth-order valence-corrected chi connectivity index (χ4v) is 3.63. The van der Waals surface area contributed by atoms with Crippen LogP contribution in [0.1, 0.15) is 18.4 Å². The molecule has 0 N–H and O–H groups in total. The molecule has 3 rings (SSSR count). The van der Waals surface area contributed by atoms with E-state index in [2.05, 4.69) is 0 Å².